The number of benzene rings is 3. The molecule has 8 rings (SSSR count). The van der Waals surface area contributed by atoms with Gasteiger partial charge in [0.15, 0.2) is 11.5 Å². The van der Waals surface area contributed by atoms with Gasteiger partial charge in [-0.3, -0.25) is 14.9 Å². The van der Waals surface area contributed by atoms with E-state index in [2.05, 4.69) is 49.3 Å². The number of hydrogen-bond acceptors (Lipinski definition) is 5. The summed E-state index contributed by atoms with van der Waals surface area (Å²) < 4.78 is 12.7. The van der Waals surface area contributed by atoms with Crippen LogP contribution in [-0.2, 0) is 21.6 Å². The van der Waals surface area contributed by atoms with Gasteiger partial charge in [0, 0.05) is 4.47 Å². The average molecular weight is 789 g/mol. The van der Waals surface area contributed by atoms with Gasteiger partial charge in [-0.25, -0.2) is 9.69 Å². The molecule has 0 atom stereocenters. The van der Waals surface area contributed by atoms with Gasteiger partial charge in [-0.2, -0.15) is 0 Å². The van der Waals surface area contributed by atoms with E-state index in [0.717, 1.165) is 28.2 Å². The summed E-state index contributed by atoms with van der Waals surface area (Å²) in [5, 5.41) is 3.19. The van der Waals surface area contributed by atoms with Crippen molar-refractivity contribution < 1.29 is 23.9 Å². The van der Waals surface area contributed by atoms with Crippen LogP contribution in [0.1, 0.15) is 55.2 Å². The van der Waals surface area contributed by atoms with Crippen LogP contribution in [0.5, 0.6) is 11.5 Å². The van der Waals surface area contributed by atoms with Crippen molar-refractivity contribution in [3.8, 4) is 11.5 Å². The fourth-order valence-corrected chi connectivity index (χ4v) is 9.52. The molecule has 3 aromatic rings. The number of methoxy groups -OCH3 is 1. The predicted molar refractivity (Wildman–Crippen MR) is 184 cm³/mol. The second-order valence-corrected chi connectivity index (χ2v) is 15.3. The fourth-order valence-electron chi connectivity index (χ4n) is 8.26. The van der Waals surface area contributed by atoms with E-state index in [0.29, 0.717) is 41.7 Å². The number of hydrogen-bond donors (Lipinski definition) is 1. The molecule has 4 bridgehead atoms. The molecule has 1 heterocycles. The van der Waals surface area contributed by atoms with Gasteiger partial charge in [-0.1, -0.05) is 41.4 Å². The van der Waals surface area contributed by atoms with Crippen molar-refractivity contribution in [2.75, 3.05) is 12.0 Å². The van der Waals surface area contributed by atoms with E-state index >= 15 is 0 Å². The standard InChI is InChI=1S/C35H30Br2Cl2N2O5/c1-45-28-13-22(29(36)30(37)31(28)46-17-18-2-7-26(38)27(39)11-18)12-25-32(42)40-34(44)41(33(25)43)24-5-3-23(4-6-24)35-14-19-8-20(15-35)10-21(9-19)16-35/h2-7,11-13,19-21H,8-10,14-17H2,1H3,(H,40,42,44)/b25-12+. The zero-order chi connectivity index (χ0) is 32.3. The number of urea groups is 1. The fraction of sp³-hybridized carbons (Fsp3) is 0.343. The number of carbonyl (C=O) groups is 3. The third kappa shape index (κ3) is 5.67. The van der Waals surface area contributed by atoms with E-state index in [4.69, 9.17) is 32.7 Å². The first-order chi connectivity index (χ1) is 22.0. The topological polar surface area (TPSA) is 84.9 Å². The summed E-state index contributed by atoms with van der Waals surface area (Å²) in [6.07, 6.45) is 9.16. The van der Waals surface area contributed by atoms with E-state index in [1.54, 1.807) is 24.3 Å². The number of imide groups is 2. The van der Waals surface area contributed by atoms with Crippen molar-refractivity contribution >= 4 is 84.7 Å². The van der Waals surface area contributed by atoms with Gasteiger partial charge in [-0.05, 0) is 147 Å². The van der Waals surface area contributed by atoms with Crippen LogP contribution in [0.25, 0.3) is 6.08 Å². The molecule has 4 saturated carbocycles. The Labute approximate surface area is 293 Å². The van der Waals surface area contributed by atoms with Gasteiger partial charge in [0.1, 0.15) is 12.2 Å². The molecule has 3 aromatic carbocycles. The highest BCUT2D eigenvalue weighted by atomic mass is 79.9. The molecular formula is C35H30Br2Cl2N2O5. The molecule has 7 nitrogen and oxygen atoms in total. The zero-order valence-corrected chi connectivity index (χ0v) is 29.6. The summed E-state index contributed by atoms with van der Waals surface area (Å²) in [5.74, 6) is 1.69. The summed E-state index contributed by atoms with van der Waals surface area (Å²) >= 11 is 19.3. The molecule has 46 heavy (non-hydrogen) atoms. The minimum absolute atomic E-state index is 0.179. The molecule has 1 N–H and O–H groups in total. The lowest BCUT2D eigenvalue weighted by Gasteiger charge is -2.57. The molecule has 5 aliphatic rings. The van der Waals surface area contributed by atoms with Crippen LogP contribution in [0, 0.1) is 17.8 Å². The molecule has 0 spiro atoms. The number of anilines is 1. The maximum atomic E-state index is 13.8. The lowest BCUT2D eigenvalue weighted by atomic mass is 9.48. The van der Waals surface area contributed by atoms with Crippen molar-refractivity contribution in [2.45, 2.75) is 50.5 Å². The number of carbonyl (C=O) groups excluding carboxylic acids is 3. The molecule has 4 aliphatic carbocycles. The molecule has 11 heteroatoms. The molecule has 5 fully saturated rings. The van der Waals surface area contributed by atoms with Crippen LogP contribution in [0.2, 0.25) is 10.0 Å². The second-order valence-electron chi connectivity index (χ2n) is 12.9. The van der Waals surface area contributed by atoms with Crippen molar-refractivity contribution in [1.29, 1.82) is 0 Å². The number of rotatable bonds is 7. The Hall–Kier alpha value is -2.85. The van der Waals surface area contributed by atoms with Gasteiger partial charge in [0.2, 0.25) is 0 Å². The largest absolute Gasteiger partial charge is 0.493 e. The third-order valence-corrected chi connectivity index (χ3v) is 12.8. The smallest absolute Gasteiger partial charge is 0.335 e. The van der Waals surface area contributed by atoms with Crippen LogP contribution in [0.15, 0.2) is 63.0 Å². The Kier molecular flexibility index (Phi) is 8.49. The number of nitrogens with zero attached hydrogens (tertiary/aromatic N) is 1. The maximum Gasteiger partial charge on any atom is 0.335 e. The Balaban J connectivity index is 1.15. The number of nitrogens with one attached hydrogen (secondary N) is 1. The molecule has 0 unspecified atom stereocenters. The maximum absolute atomic E-state index is 13.8. The van der Waals surface area contributed by atoms with E-state index in [-0.39, 0.29) is 17.6 Å². The SMILES string of the molecule is COc1cc(/C=C2\C(=O)NC(=O)N(c3ccc(C45CC6CC(CC(C6)C4)C5)cc3)C2=O)c(Br)c(Br)c1OCc1ccc(Cl)c(Cl)c1. The van der Waals surface area contributed by atoms with E-state index in [9.17, 15) is 14.4 Å². The van der Waals surface area contributed by atoms with Crippen LogP contribution in [0.3, 0.4) is 0 Å². The molecule has 1 aliphatic heterocycles. The summed E-state index contributed by atoms with van der Waals surface area (Å²) in [6.45, 7) is 0.179. The second kappa shape index (κ2) is 12.3. The lowest BCUT2D eigenvalue weighted by Crippen LogP contribution is -2.54. The summed E-state index contributed by atoms with van der Waals surface area (Å²) in [4.78, 5) is 40.8. The molecule has 0 radical (unpaired) electrons. The first-order valence-electron chi connectivity index (χ1n) is 15.2. The summed E-state index contributed by atoms with van der Waals surface area (Å²) in [6, 6.07) is 13.9. The van der Waals surface area contributed by atoms with Crippen molar-refractivity contribution in [3.63, 3.8) is 0 Å². The van der Waals surface area contributed by atoms with Gasteiger partial charge >= 0.3 is 6.03 Å². The number of ether oxygens (including phenoxy) is 2. The summed E-state index contributed by atoms with van der Waals surface area (Å²) in [7, 11) is 1.49. The number of barbiturate groups is 1. The Bertz CT molecular complexity index is 1770. The van der Waals surface area contributed by atoms with Crippen molar-refractivity contribution in [3.05, 3.63) is 89.8 Å². The number of halogens is 4. The monoisotopic (exact) mass is 786 g/mol. The van der Waals surface area contributed by atoms with Gasteiger partial charge in [-0.15, -0.1) is 0 Å². The Morgan fingerprint density at radius 2 is 1.57 bits per heavy atom. The molecule has 238 valence electrons. The Morgan fingerprint density at radius 3 is 2.17 bits per heavy atom. The molecular weight excluding hydrogens is 759 g/mol. The van der Waals surface area contributed by atoms with E-state index in [1.165, 1.54) is 57.3 Å². The number of amides is 4. The van der Waals surface area contributed by atoms with Crippen LogP contribution < -0.4 is 19.7 Å². The van der Waals surface area contributed by atoms with Gasteiger partial charge in [0.25, 0.3) is 11.8 Å². The van der Waals surface area contributed by atoms with Gasteiger partial charge in [0.05, 0.1) is 27.3 Å². The summed E-state index contributed by atoms with van der Waals surface area (Å²) in [5.41, 5.74) is 2.97. The van der Waals surface area contributed by atoms with Crippen LogP contribution in [0.4, 0.5) is 10.5 Å². The van der Waals surface area contributed by atoms with Crippen molar-refractivity contribution in [1.82, 2.24) is 5.32 Å². The van der Waals surface area contributed by atoms with Crippen LogP contribution in [-0.4, -0.2) is 25.0 Å². The van der Waals surface area contributed by atoms with Crippen LogP contribution >= 0.6 is 55.1 Å². The minimum atomic E-state index is -0.779. The first-order valence-corrected chi connectivity index (χ1v) is 17.5. The normalized spacial score (nSPS) is 26.1. The molecule has 0 aromatic heterocycles. The van der Waals surface area contributed by atoms with E-state index < -0.39 is 17.8 Å². The Morgan fingerprint density at radius 1 is 0.913 bits per heavy atom. The van der Waals surface area contributed by atoms with Gasteiger partial charge < -0.3 is 9.47 Å². The zero-order valence-electron chi connectivity index (χ0n) is 24.9. The average Bonchev–Trinajstić information content (AvgIpc) is 3.02. The molecule has 1 saturated heterocycles. The lowest BCUT2D eigenvalue weighted by molar-refractivity contribution is -0.122. The first kappa shape index (κ1) is 31.7. The predicted octanol–water partition coefficient (Wildman–Crippen LogP) is 9.24. The highest BCUT2D eigenvalue weighted by Gasteiger charge is 2.51. The van der Waals surface area contributed by atoms with E-state index in [1.807, 2.05) is 12.1 Å². The highest BCUT2D eigenvalue weighted by Crippen LogP contribution is 2.60. The minimum Gasteiger partial charge on any atom is -0.493 e. The quantitative estimate of drug-likeness (QED) is 0.191. The molecule has 4 amide bonds. The van der Waals surface area contributed by atoms with Crippen molar-refractivity contribution in [2.24, 2.45) is 17.8 Å². The highest BCUT2D eigenvalue weighted by molar-refractivity contribution is 9.13. The third-order valence-electron chi connectivity index (χ3n) is 9.92.